The molecular weight excluding hydrogens is 357 g/mol. The van der Waals surface area contributed by atoms with Crippen LogP contribution in [0.2, 0.25) is 0 Å². The molecule has 3 rings (SSSR count). The van der Waals surface area contributed by atoms with Crippen LogP contribution in [0.15, 0.2) is 42.7 Å². The van der Waals surface area contributed by atoms with Crippen LogP contribution in [0.1, 0.15) is 24.1 Å². The molecule has 144 valence electrons. The minimum Gasteiger partial charge on any atom is -0.355 e. The molecule has 2 aromatic rings. The molecule has 8 heteroatoms. The van der Waals surface area contributed by atoms with Crippen molar-refractivity contribution < 1.29 is 18.0 Å². The first-order valence-corrected chi connectivity index (χ1v) is 8.89. The lowest BCUT2D eigenvalue weighted by Crippen LogP contribution is -2.35. The van der Waals surface area contributed by atoms with Crippen LogP contribution in [0.3, 0.4) is 0 Å². The van der Waals surface area contributed by atoms with E-state index in [0.29, 0.717) is 51.3 Å². The molecule has 0 atom stereocenters. The van der Waals surface area contributed by atoms with Crippen LogP contribution in [0.5, 0.6) is 0 Å². The third-order valence-corrected chi connectivity index (χ3v) is 4.55. The summed E-state index contributed by atoms with van der Waals surface area (Å²) in [5, 5.41) is 0. The number of carbonyl (C=O) groups is 1. The SMILES string of the molecule is O=C(CCc1cccnc1)N1CCCN(c2cccc(C(F)(F)F)n2)CC1. The third-order valence-electron chi connectivity index (χ3n) is 4.55. The van der Waals surface area contributed by atoms with E-state index in [1.165, 1.54) is 6.07 Å². The summed E-state index contributed by atoms with van der Waals surface area (Å²) in [5.41, 5.74) is 0.115. The molecule has 5 nitrogen and oxygen atoms in total. The van der Waals surface area contributed by atoms with Gasteiger partial charge < -0.3 is 9.80 Å². The molecule has 0 aromatic carbocycles. The van der Waals surface area contributed by atoms with Gasteiger partial charge in [-0.15, -0.1) is 0 Å². The Hall–Kier alpha value is -2.64. The summed E-state index contributed by atoms with van der Waals surface area (Å²) in [6.07, 6.45) is 0.690. The van der Waals surface area contributed by atoms with Crippen LogP contribution in [0.25, 0.3) is 0 Å². The zero-order valence-corrected chi connectivity index (χ0v) is 14.8. The van der Waals surface area contributed by atoms with Crippen molar-refractivity contribution in [2.75, 3.05) is 31.1 Å². The summed E-state index contributed by atoms with van der Waals surface area (Å²) >= 11 is 0. The van der Waals surface area contributed by atoms with E-state index < -0.39 is 11.9 Å². The minimum absolute atomic E-state index is 0.0534. The molecule has 1 aliphatic rings. The van der Waals surface area contributed by atoms with Crippen molar-refractivity contribution in [1.82, 2.24) is 14.9 Å². The number of alkyl halides is 3. The van der Waals surface area contributed by atoms with Gasteiger partial charge >= 0.3 is 6.18 Å². The predicted molar refractivity (Wildman–Crippen MR) is 95.2 cm³/mol. The molecule has 0 saturated carbocycles. The first-order chi connectivity index (χ1) is 12.9. The Balaban J connectivity index is 1.58. The molecule has 0 bridgehead atoms. The van der Waals surface area contributed by atoms with Gasteiger partial charge in [-0.05, 0) is 36.6 Å². The summed E-state index contributed by atoms with van der Waals surface area (Å²) in [6.45, 7) is 2.11. The third kappa shape index (κ3) is 5.18. The van der Waals surface area contributed by atoms with Gasteiger partial charge in [-0.1, -0.05) is 12.1 Å². The zero-order valence-electron chi connectivity index (χ0n) is 14.8. The fourth-order valence-corrected chi connectivity index (χ4v) is 3.11. The molecule has 0 N–H and O–H groups in total. The van der Waals surface area contributed by atoms with Crippen molar-refractivity contribution in [3.8, 4) is 0 Å². The molecule has 1 amide bonds. The van der Waals surface area contributed by atoms with Crippen LogP contribution < -0.4 is 4.90 Å². The number of anilines is 1. The van der Waals surface area contributed by atoms with E-state index >= 15 is 0 Å². The van der Waals surface area contributed by atoms with Crippen molar-refractivity contribution in [1.29, 1.82) is 0 Å². The second-order valence-corrected chi connectivity index (χ2v) is 6.46. The number of aryl methyl sites for hydroxylation is 1. The average Bonchev–Trinajstić information content (AvgIpc) is 2.93. The zero-order chi connectivity index (χ0) is 19.3. The van der Waals surface area contributed by atoms with Crippen LogP contribution >= 0.6 is 0 Å². The molecule has 0 radical (unpaired) electrons. The quantitative estimate of drug-likeness (QED) is 0.820. The van der Waals surface area contributed by atoms with Gasteiger partial charge in [-0.2, -0.15) is 13.2 Å². The Morgan fingerprint density at radius 2 is 1.93 bits per heavy atom. The number of hydrogen-bond donors (Lipinski definition) is 0. The first-order valence-electron chi connectivity index (χ1n) is 8.89. The fourth-order valence-electron chi connectivity index (χ4n) is 3.11. The van der Waals surface area contributed by atoms with E-state index in [9.17, 15) is 18.0 Å². The maximum atomic E-state index is 12.9. The van der Waals surface area contributed by atoms with Gasteiger partial charge in [0.2, 0.25) is 5.91 Å². The molecule has 1 fully saturated rings. The van der Waals surface area contributed by atoms with Crippen molar-refractivity contribution in [3.05, 3.63) is 54.0 Å². The molecule has 0 unspecified atom stereocenters. The molecule has 27 heavy (non-hydrogen) atoms. The summed E-state index contributed by atoms with van der Waals surface area (Å²) in [4.78, 5) is 23.9. The summed E-state index contributed by atoms with van der Waals surface area (Å²) in [5.74, 6) is 0.354. The van der Waals surface area contributed by atoms with Crippen LogP contribution in [0, 0.1) is 0 Å². The highest BCUT2D eigenvalue weighted by molar-refractivity contribution is 5.76. The van der Waals surface area contributed by atoms with Crippen molar-refractivity contribution in [3.63, 3.8) is 0 Å². The van der Waals surface area contributed by atoms with Gasteiger partial charge in [-0.25, -0.2) is 4.98 Å². The van der Waals surface area contributed by atoms with Gasteiger partial charge in [0.25, 0.3) is 0 Å². The maximum absolute atomic E-state index is 12.9. The van der Waals surface area contributed by atoms with E-state index in [4.69, 9.17) is 0 Å². The van der Waals surface area contributed by atoms with Gasteiger partial charge in [-0.3, -0.25) is 9.78 Å². The van der Waals surface area contributed by atoms with E-state index in [1.807, 2.05) is 17.0 Å². The lowest BCUT2D eigenvalue weighted by Gasteiger charge is -2.23. The van der Waals surface area contributed by atoms with Gasteiger partial charge in [0.05, 0.1) is 0 Å². The Kier molecular flexibility index (Phi) is 5.93. The number of amides is 1. The summed E-state index contributed by atoms with van der Waals surface area (Å²) in [6, 6.07) is 7.69. The summed E-state index contributed by atoms with van der Waals surface area (Å²) in [7, 11) is 0. The molecule has 2 aromatic heterocycles. The van der Waals surface area contributed by atoms with Crippen LogP contribution in [-0.2, 0) is 17.4 Å². The normalized spacial score (nSPS) is 15.5. The number of rotatable bonds is 4. The lowest BCUT2D eigenvalue weighted by atomic mass is 10.1. The molecule has 1 saturated heterocycles. The number of carbonyl (C=O) groups excluding carboxylic acids is 1. The molecule has 0 spiro atoms. The predicted octanol–water partition coefficient (Wildman–Crippen LogP) is 3.17. The van der Waals surface area contributed by atoms with Crippen LogP contribution in [-0.4, -0.2) is 47.0 Å². The smallest absolute Gasteiger partial charge is 0.355 e. The summed E-state index contributed by atoms with van der Waals surface area (Å²) < 4.78 is 38.6. The highest BCUT2D eigenvalue weighted by Gasteiger charge is 2.33. The Labute approximate surface area is 155 Å². The Bertz CT molecular complexity index is 767. The van der Waals surface area contributed by atoms with Crippen LogP contribution in [0.4, 0.5) is 19.0 Å². The fraction of sp³-hybridized carbons (Fsp3) is 0.421. The number of halogens is 3. The van der Waals surface area contributed by atoms with Crippen molar-refractivity contribution in [2.45, 2.75) is 25.4 Å². The highest BCUT2D eigenvalue weighted by Crippen LogP contribution is 2.29. The van der Waals surface area contributed by atoms with Gasteiger partial charge in [0.15, 0.2) is 0 Å². The average molecular weight is 378 g/mol. The van der Waals surface area contributed by atoms with Crippen molar-refractivity contribution >= 4 is 11.7 Å². The van der Waals surface area contributed by atoms with Gasteiger partial charge in [0.1, 0.15) is 11.5 Å². The molecule has 1 aliphatic heterocycles. The number of pyridine rings is 2. The largest absolute Gasteiger partial charge is 0.433 e. The van der Waals surface area contributed by atoms with Gasteiger partial charge in [0, 0.05) is 45.0 Å². The van der Waals surface area contributed by atoms with E-state index in [1.54, 1.807) is 23.4 Å². The van der Waals surface area contributed by atoms with Crippen molar-refractivity contribution in [2.24, 2.45) is 0 Å². The van der Waals surface area contributed by atoms with E-state index in [-0.39, 0.29) is 5.91 Å². The van der Waals surface area contributed by atoms with E-state index in [2.05, 4.69) is 9.97 Å². The minimum atomic E-state index is -4.46. The maximum Gasteiger partial charge on any atom is 0.433 e. The topological polar surface area (TPSA) is 49.3 Å². The number of aromatic nitrogens is 2. The second kappa shape index (κ2) is 8.37. The first kappa shape index (κ1) is 19.1. The standard InChI is InChI=1S/C19H21F3N4O/c20-19(21,22)16-5-1-6-17(24-16)25-10-3-11-26(13-12-25)18(27)8-7-15-4-2-9-23-14-15/h1-2,4-6,9,14H,3,7-8,10-13H2. The Morgan fingerprint density at radius 1 is 1.07 bits per heavy atom. The molecular formula is C19H21F3N4O. The number of nitrogens with zero attached hydrogens (tertiary/aromatic N) is 4. The second-order valence-electron chi connectivity index (χ2n) is 6.46. The number of hydrogen-bond acceptors (Lipinski definition) is 4. The lowest BCUT2D eigenvalue weighted by molar-refractivity contribution is -0.141. The monoisotopic (exact) mass is 378 g/mol. The Morgan fingerprint density at radius 3 is 2.67 bits per heavy atom. The highest BCUT2D eigenvalue weighted by atomic mass is 19.4. The molecule has 0 aliphatic carbocycles. The van der Waals surface area contributed by atoms with E-state index in [0.717, 1.165) is 11.6 Å². The molecule has 3 heterocycles.